The first-order chi connectivity index (χ1) is 7.91. The van der Waals surface area contributed by atoms with Crippen molar-refractivity contribution < 1.29 is 14.7 Å². The third-order valence-electron chi connectivity index (χ3n) is 2.44. The number of anilines is 1. The molecule has 0 saturated carbocycles. The normalized spacial score (nSPS) is 13.8. The topological polar surface area (TPSA) is 109 Å². The Bertz CT molecular complexity index is 417. The summed E-state index contributed by atoms with van der Waals surface area (Å²) < 4.78 is 1.39. The quantitative estimate of drug-likeness (QED) is 0.689. The van der Waals surface area contributed by atoms with Crippen molar-refractivity contribution in [1.82, 2.24) is 20.1 Å². The molecular formula is C9H15N5O3. The second-order valence-electron chi connectivity index (χ2n) is 3.72. The van der Waals surface area contributed by atoms with Crippen molar-refractivity contribution in [2.45, 2.75) is 19.9 Å². The van der Waals surface area contributed by atoms with E-state index in [-0.39, 0.29) is 5.95 Å². The number of hydrogen-bond donors (Lipinski definition) is 3. The van der Waals surface area contributed by atoms with Crippen LogP contribution in [0, 0.1) is 5.92 Å². The molecule has 0 spiro atoms. The highest BCUT2D eigenvalue weighted by molar-refractivity contribution is 5.88. The number of rotatable bonds is 4. The van der Waals surface area contributed by atoms with E-state index in [0.717, 1.165) is 0 Å². The molecule has 0 radical (unpaired) electrons. The highest BCUT2D eigenvalue weighted by atomic mass is 16.4. The largest absolute Gasteiger partial charge is 0.481 e. The zero-order valence-electron chi connectivity index (χ0n) is 9.84. The van der Waals surface area contributed by atoms with Gasteiger partial charge in [-0.1, -0.05) is 0 Å². The summed E-state index contributed by atoms with van der Waals surface area (Å²) in [5.41, 5.74) is 0. The third kappa shape index (κ3) is 3.44. The van der Waals surface area contributed by atoms with Crippen LogP contribution in [0.2, 0.25) is 0 Å². The first kappa shape index (κ1) is 12.9. The van der Waals surface area contributed by atoms with Crippen molar-refractivity contribution >= 4 is 17.9 Å². The van der Waals surface area contributed by atoms with Crippen molar-refractivity contribution in [2.24, 2.45) is 13.0 Å². The minimum absolute atomic E-state index is 0.290. The van der Waals surface area contributed by atoms with E-state index in [1.54, 1.807) is 14.0 Å². The number of nitrogens with zero attached hydrogens (tertiary/aromatic N) is 3. The molecule has 8 nitrogen and oxygen atoms in total. The highest BCUT2D eigenvalue weighted by Crippen LogP contribution is 2.03. The Morgan fingerprint density at radius 3 is 2.59 bits per heavy atom. The third-order valence-corrected chi connectivity index (χ3v) is 2.44. The van der Waals surface area contributed by atoms with Gasteiger partial charge in [0.1, 0.15) is 6.33 Å². The van der Waals surface area contributed by atoms with Crippen molar-refractivity contribution in [3.63, 3.8) is 0 Å². The van der Waals surface area contributed by atoms with Crippen LogP contribution in [0.15, 0.2) is 6.33 Å². The number of carboxylic acids is 1. The lowest BCUT2D eigenvalue weighted by molar-refractivity contribution is -0.141. The molecule has 17 heavy (non-hydrogen) atoms. The van der Waals surface area contributed by atoms with Gasteiger partial charge in [-0.2, -0.15) is 10.1 Å². The van der Waals surface area contributed by atoms with Crippen molar-refractivity contribution in [1.29, 1.82) is 0 Å². The van der Waals surface area contributed by atoms with Gasteiger partial charge in [-0.25, -0.2) is 9.48 Å². The first-order valence-corrected chi connectivity index (χ1v) is 5.06. The van der Waals surface area contributed by atoms with Gasteiger partial charge in [-0.15, -0.1) is 0 Å². The van der Waals surface area contributed by atoms with Gasteiger partial charge in [-0.3, -0.25) is 10.1 Å². The minimum Gasteiger partial charge on any atom is -0.481 e. The molecule has 0 bridgehead atoms. The predicted molar refractivity (Wildman–Crippen MR) is 59.4 cm³/mol. The average Bonchev–Trinajstić information content (AvgIpc) is 2.62. The van der Waals surface area contributed by atoms with Gasteiger partial charge in [-0.05, 0) is 13.8 Å². The molecule has 3 N–H and O–H groups in total. The summed E-state index contributed by atoms with van der Waals surface area (Å²) >= 11 is 0. The molecule has 1 heterocycles. The lowest BCUT2D eigenvalue weighted by atomic mass is 10.0. The molecule has 0 aliphatic carbocycles. The van der Waals surface area contributed by atoms with Gasteiger partial charge < -0.3 is 10.4 Å². The molecule has 1 rings (SSSR count). The van der Waals surface area contributed by atoms with Gasteiger partial charge in [0.2, 0.25) is 5.95 Å². The summed E-state index contributed by atoms with van der Waals surface area (Å²) in [7, 11) is 1.63. The minimum atomic E-state index is -0.962. The number of carbonyl (C=O) groups is 2. The monoisotopic (exact) mass is 241 g/mol. The van der Waals surface area contributed by atoms with Crippen LogP contribution in [-0.4, -0.2) is 37.9 Å². The standard InChI is InChI=1S/C9H15N5O3/c1-5(7(15)16)6(2)12-9(17)13-8-10-4-11-14(8)3/h4-6H,1-3H3,(H,15,16)(H2,10,11,12,13,17). The molecule has 0 saturated heterocycles. The zero-order chi connectivity index (χ0) is 13.0. The van der Waals surface area contributed by atoms with Gasteiger partial charge in [0.05, 0.1) is 5.92 Å². The second-order valence-corrected chi connectivity index (χ2v) is 3.72. The molecule has 2 amide bonds. The van der Waals surface area contributed by atoms with Crippen molar-refractivity contribution in [2.75, 3.05) is 5.32 Å². The predicted octanol–water partition coefficient (Wildman–Crippen LogP) is 0.0458. The van der Waals surface area contributed by atoms with Crippen molar-refractivity contribution in [3.8, 4) is 0 Å². The summed E-state index contributed by atoms with van der Waals surface area (Å²) in [4.78, 5) is 26.0. The van der Waals surface area contributed by atoms with Crippen LogP contribution in [0.1, 0.15) is 13.8 Å². The first-order valence-electron chi connectivity index (χ1n) is 5.06. The molecule has 0 aromatic carbocycles. The van der Waals surface area contributed by atoms with Crippen LogP contribution in [-0.2, 0) is 11.8 Å². The molecule has 94 valence electrons. The maximum Gasteiger partial charge on any atom is 0.321 e. The molecule has 0 aliphatic rings. The number of aromatic nitrogens is 3. The SMILES string of the molecule is CC(NC(=O)Nc1ncnn1C)C(C)C(=O)O. The van der Waals surface area contributed by atoms with Gasteiger partial charge >= 0.3 is 12.0 Å². The zero-order valence-corrected chi connectivity index (χ0v) is 9.84. The van der Waals surface area contributed by atoms with Crippen LogP contribution in [0.25, 0.3) is 0 Å². The van der Waals surface area contributed by atoms with E-state index in [1.807, 2.05) is 0 Å². The fourth-order valence-corrected chi connectivity index (χ4v) is 1.09. The lowest BCUT2D eigenvalue weighted by Gasteiger charge is -2.17. The second kappa shape index (κ2) is 5.28. The summed E-state index contributed by atoms with van der Waals surface area (Å²) in [5.74, 6) is -1.34. The average molecular weight is 241 g/mol. The van der Waals surface area contributed by atoms with Crippen molar-refractivity contribution in [3.05, 3.63) is 6.33 Å². The van der Waals surface area contributed by atoms with E-state index >= 15 is 0 Å². The number of amides is 2. The molecule has 2 unspecified atom stereocenters. The smallest absolute Gasteiger partial charge is 0.321 e. The Kier molecular flexibility index (Phi) is 4.02. The van der Waals surface area contributed by atoms with Crippen LogP contribution in [0.4, 0.5) is 10.7 Å². The van der Waals surface area contributed by atoms with E-state index in [1.165, 1.54) is 17.9 Å². The number of urea groups is 1. The molecule has 2 atom stereocenters. The van der Waals surface area contributed by atoms with E-state index in [0.29, 0.717) is 0 Å². The summed E-state index contributed by atoms with van der Waals surface area (Å²) in [6, 6.07) is -0.998. The van der Waals surface area contributed by atoms with Crippen LogP contribution < -0.4 is 10.6 Å². The molecule has 0 aliphatic heterocycles. The van der Waals surface area contributed by atoms with E-state index in [4.69, 9.17) is 5.11 Å². The number of hydrogen-bond acceptors (Lipinski definition) is 4. The van der Waals surface area contributed by atoms with Gasteiger partial charge in [0, 0.05) is 13.1 Å². The fraction of sp³-hybridized carbons (Fsp3) is 0.556. The number of aryl methyl sites for hydroxylation is 1. The molecule has 1 aromatic heterocycles. The van der Waals surface area contributed by atoms with E-state index in [9.17, 15) is 9.59 Å². The van der Waals surface area contributed by atoms with Crippen LogP contribution in [0.3, 0.4) is 0 Å². The van der Waals surface area contributed by atoms with E-state index in [2.05, 4.69) is 20.7 Å². The van der Waals surface area contributed by atoms with Crippen LogP contribution >= 0.6 is 0 Å². The van der Waals surface area contributed by atoms with Crippen LogP contribution in [0.5, 0.6) is 0 Å². The van der Waals surface area contributed by atoms with Gasteiger partial charge in [0.25, 0.3) is 0 Å². The Hall–Kier alpha value is -2.12. The number of nitrogens with one attached hydrogen (secondary N) is 2. The Morgan fingerprint density at radius 1 is 1.47 bits per heavy atom. The summed E-state index contributed by atoms with van der Waals surface area (Å²) in [6.07, 6.45) is 1.30. The van der Waals surface area contributed by atoms with Gasteiger partial charge in [0.15, 0.2) is 0 Å². The molecule has 8 heteroatoms. The maximum absolute atomic E-state index is 11.5. The Labute approximate surface area is 98.0 Å². The summed E-state index contributed by atoms with van der Waals surface area (Å²) in [6.45, 7) is 3.14. The summed E-state index contributed by atoms with van der Waals surface area (Å²) in [5, 5.41) is 17.5. The maximum atomic E-state index is 11.5. The number of carbonyl (C=O) groups excluding carboxylic acids is 1. The Balaban J connectivity index is 2.50. The molecule has 0 fully saturated rings. The Morgan fingerprint density at radius 2 is 2.12 bits per heavy atom. The number of carboxylic acid groups (broad SMARTS) is 1. The molecular weight excluding hydrogens is 226 g/mol. The highest BCUT2D eigenvalue weighted by Gasteiger charge is 2.21. The molecule has 1 aromatic rings. The number of aliphatic carboxylic acids is 1. The van der Waals surface area contributed by atoms with E-state index < -0.39 is 24.0 Å². The lowest BCUT2D eigenvalue weighted by Crippen LogP contribution is -2.42. The fourth-order valence-electron chi connectivity index (χ4n) is 1.09.